The van der Waals surface area contributed by atoms with Crippen molar-refractivity contribution in [3.63, 3.8) is 0 Å². The number of hydrogen-bond acceptors (Lipinski definition) is 3. The molecule has 0 unspecified atom stereocenters. The van der Waals surface area contributed by atoms with Gasteiger partial charge in [-0.3, -0.25) is 0 Å². The zero-order valence-corrected chi connectivity index (χ0v) is 18.2. The van der Waals surface area contributed by atoms with E-state index >= 15 is 0 Å². The van der Waals surface area contributed by atoms with E-state index in [1.165, 1.54) is 30.5 Å². The van der Waals surface area contributed by atoms with Gasteiger partial charge in [-0.15, -0.1) is 0 Å². The van der Waals surface area contributed by atoms with Crippen LogP contribution in [0.25, 0.3) is 0 Å². The number of piperidine rings is 1. The summed E-state index contributed by atoms with van der Waals surface area (Å²) in [4.78, 5) is 0. The molecule has 152 valence electrons. The van der Waals surface area contributed by atoms with Gasteiger partial charge in [0.1, 0.15) is 0 Å². The Hall–Kier alpha value is -2.00. The van der Waals surface area contributed by atoms with Gasteiger partial charge in [0.2, 0.25) is 0 Å². The van der Waals surface area contributed by atoms with Crippen molar-refractivity contribution in [1.29, 1.82) is 0 Å². The Labute approximate surface area is 171 Å². The highest BCUT2D eigenvalue weighted by atomic mass is 15.1. The second-order valence-electron chi connectivity index (χ2n) is 9.65. The Bertz CT molecular complexity index is 728. The van der Waals surface area contributed by atoms with Gasteiger partial charge >= 0.3 is 0 Å². The van der Waals surface area contributed by atoms with Crippen LogP contribution in [0, 0.1) is 0 Å². The molecule has 0 aromatic heterocycles. The molecule has 1 aliphatic rings. The van der Waals surface area contributed by atoms with Gasteiger partial charge in [-0.2, -0.15) is 0 Å². The van der Waals surface area contributed by atoms with E-state index in [-0.39, 0.29) is 11.1 Å². The van der Waals surface area contributed by atoms with E-state index < -0.39 is 0 Å². The minimum Gasteiger partial charge on any atom is -0.382 e. The molecule has 2 aromatic rings. The van der Waals surface area contributed by atoms with Crippen LogP contribution >= 0.6 is 0 Å². The molecule has 1 fully saturated rings. The Morgan fingerprint density at radius 3 is 1.86 bits per heavy atom. The third-order valence-corrected chi connectivity index (χ3v) is 5.51. The summed E-state index contributed by atoms with van der Waals surface area (Å²) in [5.41, 5.74) is 5.19. The summed E-state index contributed by atoms with van der Waals surface area (Å²) >= 11 is 0. The van der Waals surface area contributed by atoms with Crippen LogP contribution in [-0.4, -0.2) is 17.1 Å². The number of benzene rings is 2. The molecule has 0 saturated carbocycles. The monoisotopic (exact) mass is 379 g/mol. The van der Waals surface area contributed by atoms with Crippen molar-refractivity contribution in [3.8, 4) is 0 Å². The van der Waals surface area contributed by atoms with Gasteiger partial charge in [0.15, 0.2) is 0 Å². The number of anilines is 3. The third kappa shape index (κ3) is 6.00. The number of rotatable bonds is 7. The van der Waals surface area contributed by atoms with Gasteiger partial charge in [-0.1, -0.05) is 25.5 Å². The SMILES string of the molecule is CCCCc1ccc(Nc2ccc(NC3CC(C)(C)NC(C)(C)C3)cc2)cc1. The fourth-order valence-electron chi connectivity index (χ4n) is 4.61. The molecule has 3 heteroatoms. The molecule has 1 heterocycles. The molecule has 3 N–H and O–H groups in total. The molecule has 0 radical (unpaired) electrons. The highest BCUT2D eigenvalue weighted by Crippen LogP contribution is 2.31. The summed E-state index contributed by atoms with van der Waals surface area (Å²) in [5.74, 6) is 0. The van der Waals surface area contributed by atoms with Crippen molar-refractivity contribution in [2.75, 3.05) is 10.6 Å². The molecule has 0 aliphatic carbocycles. The molecule has 1 aliphatic heterocycles. The fourth-order valence-corrected chi connectivity index (χ4v) is 4.61. The number of aryl methyl sites for hydroxylation is 1. The van der Waals surface area contributed by atoms with Crippen LogP contribution in [0.5, 0.6) is 0 Å². The van der Waals surface area contributed by atoms with Crippen LogP contribution in [0.3, 0.4) is 0 Å². The summed E-state index contributed by atoms with van der Waals surface area (Å²) in [6.07, 6.45) is 5.92. The van der Waals surface area contributed by atoms with E-state index in [0.29, 0.717) is 6.04 Å². The molecule has 2 aromatic carbocycles. The normalized spacial score (nSPS) is 18.6. The van der Waals surface area contributed by atoms with E-state index in [1.807, 2.05) is 0 Å². The standard InChI is InChI=1S/C25H37N3/c1-6-7-8-19-9-11-20(12-10-19)26-21-13-15-22(16-14-21)27-23-17-24(2,3)28-25(4,5)18-23/h9-16,23,26-28H,6-8,17-18H2,1-5H3. The van der Waals surface area contributed by atoms with Crippen molar-refractivity contribution < 1.29 is 0 Å². The minimum absolute atomic E-state index is 0.157. The second kappa shape index (κ2) is 8.57. The third-order valence-electron chi connectivity index (χ3n) is 5.51. The van der Waals surface area contributed by atoms with Gasteiger partial charge in [0.05, 0.1) is 0 Å². The number of unbranched alkanes of at least 4 members (excludes halogenated alkanes) is 1. The first kappa shape index (κ1) is 20.7. The van der Waals surface area contributed by atoms with Crippen molar-refractivity contribution in [2.45, 2.75) is 83.8 Å². The summed E-state index contributed by atoms with van der Waals surface area (Å²) < 4.78 is 0. The average Bonchev–Trinajstić information content (AvgIpc) is 2.60. The zero-order chi connectivity index (χ0) is 20.2. The quantitative estimate of drug-likeness (QED) is 0.514. The molecule has 0 bridgehead atoms. The number of hydrogen-bond donors (Lipinski definition) is 3. The minimum atomic E-state index is 0.157. The van der Waals surface area contributed by atoms with E-state index in [1.54, 1.807) is 0 Å². The van der Waals surface area contributed by atoms with E-state index in [2.05, 4.69) is 99.1 Å². The topological polar surface area (TPSA) is 36.1 Å². The zero-order valence-electron chi connectivity index (χ0n) is 18.2. The highest BCUT2D eigenvalue weighted by Gasteiger charge is 2.37. The van der Waals surface area contributed by atoms with E-state index in [4.69, 9.17) is 0 Å². The lowest BCUT2D eigenvalue weighted by Gasteiger charge is -2.47. The lowest BCUT2D eigenvalue weighted by Crippen LogP contribution is -2.60. The molecular weight excluding hydrogens is 342 g/mol. The van der Waals surface area contributed by atoms with Crippen LogP contribution < -0.4 is 16.0 Å². The lowest BCUT2D eigenvalue weighted by molar-refractivity contribution is 0.170. The molecule has 3 rings (SSSR count). The summed E-state index contributed by atoms with van der Waals surface area (Å²) in [7, 11) is 0. The van der Waals surface area contributed by atoms with Crippen LogP contribution in [0.1, 0.15) is 65.9 Å². The van der Waals surface area contributed by atoms with Gasteiger partial charge in [0, 0.05) is 34.2 Å². The van der Waals surface area contributed by atoms with Crippen molar-refractivity contribution in [1.82, 2.24) is 5.32 Å². The smallest absolute Gasteiger partial charge is 0.0385 e. The molecule has 0 amide bonds. The first-order valence-electron chi connectivity index (χ1n) is 10.8. The lowest BCUT2D eigenvalue weighted by atomic mass is 9.79. The van der Waals surface area contributed by atoms with Crippen LogP contribution in [0.2, 0.25) is 0 Å². The number of nitrogens with one attached hydrogen (secondary N) is 3. The van der Waals surface area contributed by atoms with Gasteiger partial charge in [0.25, 0.3) is 0 Å². The predicted octanol–water partition coefficient (Wildman–Crippen LogP) is 6.49. The molecule has 3 nitrogen and oxygen atoms in total. The molecular formula is C25H37N3. The van der Waals surface area contributed by atoms with Crippen LogP contribution in [-0.2, 0) is 6.42 Å². The second-order valence-corrected chi connectivity index (χ2v) is 9.65. The largest absolute Gasteiger partial charge is 0.382 e. The molecule has 0 atom stereocenters. The molecule has 0 spiro atoms. The maximum Gasteiger partial charge on any atom is 0.0385 e. The van der Waals surface area contributed by atoms with Gasteiger partial charge < -0.3 is 16.0 Å². The summed E-state index contributed by atoms with van der Waals surface area (Å²) in [6.45, 7) is 11.4. The van der Waals surface area contributed by atoms with E-state index in [9.17, 15) is 0 Å². The molecule has 28 heavy (non-hydrogen) atoms. The van der Waals surface area contributed by atoms with Crippen LogP contribution in [0.4, 0.5) is 17.1 Å². The summed E-state index contributed by atoms with van der Waals surface area (Å²) in [5, 5.41) is 11.0. The van der Waals surface area contributed by atoms with Crippen molar-refractivity contribution in [3.05, 3.63) is 54.1 Å². The Kier molecular flexibility index (Phi) is 6.34. The van der Waals surface area contributed by atoms with Crippen molar-refractivity contribution in [2.24, 2.45) is 0 Å². The fraction of sp³-hybridized carbons (Fsp3) is 0.520. The summed E-state index contributed by atoms with van der Waals surface area (Å²) in [6, 6.07) is 18.0. The van der Waals surface area contributed by atoms with Crippen LogP contribution in [0.15, 0.2) is 48.5 Å². The van der Waals surface area contributed by atoms with Gasteiger partial charge in [-0.05, 0) is 95.3 Å². The predicted molar refractivity (Wildman–Crippen MR) is 123 cm³/mol. The maximum atomic E-state index is 3.75. The Balaban J connectivity index is 1.57. The molecule has 1 saturated heterocycles. The van der Waals surface area contributed by atoms with Gasteiger partial charge in [-0.25, -0.2) is 0 Å². The first-order chi connectivity index (χ1) is 13.2. The van der Waals surface area contributed by atoms with E-state index in [0.717, 1.165) is 24.2 Å². The maximum absolute atomic E-state index is 3.75. The first-order valence-corrected chi connectivity index (χ1v) is 10.8. The highest BCUT2D eigenvalue weighted by molar-refractivity contribution is 5.62. The Morgan fingerprint density at radius 1 is 0.821 bits per heavy atom. The van der Waals surface area contributed by atoms with Crippen molar-refractivity contribution >= 4 is 17.1 Å². The average molecular weight is 380 g/mol. The Morgan fingerprint density at radius 2 is 1.32 bits per heavy atom.